The van der Waals surface area contributed by atoms with Crippen molar-refractivity contribution in [3.63, 3.8) is 0 Å². The smallest absolute Gasteiger partial charge is 0.165 e. The van der Waals surface area contributed by atoms with Gasteiger partial charge in [-0.1, -0.05) is 50.1 Å². The van der Waals surface area contributed by atoms with Crippen molar-refractivity contribution in [3.8, 4) is 0 Å². The Labute approximate surface area is 124 Å². The lowest BCUT2D eigenvalue weighted by molar-refractivity contribution is 0.0978. The summed E-state index contributed by atoms with van der Waals surface area (Å²) in [7, 11) is 0. The van der Waals surface area contributed by atoms with Gasteiger partial charge in [-0.05, 0) is 24.3 Å². The van der Waals surface area contributed by atoms with Crippen LogP contribution in [0.2, 0.25) is 0 Å². The van der Waals surface area contributed by atoms with E-state index in [9.17, 15) is 4.79 Å². The van der Waals surface area contributed by atoms with Crippen LogP contribution in [0.15, 0.2) is 30.3 Å². The summed E-state index contributed by atoms with van der Waals surface area (Å²) in [5, 5.41) is 0. The molecule has 1 aromatic carbocycles. The summed E-state index contributed by atoms with van der Waals surface area (Å²) in [6, 6.07) is 9.75. The zero-order valence-corrected chi connectivity index (χ0v) is 13.2. The summed E-state index contributed by atoms with van der Waals surface area (Å²) >= 11 is 4.03. The highest BCUT2D eigenvalue weighted by atomic mass is 32.2. The number of ketones is 1. The van der Waals surface area contributed by atoms with Gasteiger partial charge in [0.2, 0.25) is 0 Å². The zero-order valence-electron chi connectivity index (χ0n) is 11.6. The normalized spacial score (nSPS) is 18.2. The minimum absolute atomic E-state index is 0.140. The van der Waals surface area contributed by atoms with E-state index in [1.165, 1.54) is 30.8 Å². The topological polar surface area (TPSA) is 17.1 Å². The van der Waals surface area contributed by atoms with Crippen LogP contribution in [-0.2, 0) is 0 Å². The lowest BCUT2D eigenvalue weighted by Crippen LogP contribution is -2.28. The highest BCUT2D eigenvalue weighted by molar-refractivity contribution is 8.18. The van der Waals surface area contributed by atoms with E-state index < -0.39 is 0 Å². The van der Waals surface area contributed by atoms with Crippen molar-refractivity contribution >= 4 is 29.3 Å². The maximum absolute atomic E-state index is 12.5. The Hall–Kier alpha value is -0.410. The van der Waals surface area contributed by atoms with Crippen molar-refractivity contribution in [3.05, 3.63) is 35.9 Å². The fourth-order valence-electron chi connectivity index (χ4n) is 2.37. The third-order valence-corrected chi connectivity index (χ3v) is 6.90. The highest BCUT2D eigenvalue weighted by Gasteiger charge is 2.35. The first kappa shape index (κ1) is 15.0. The molecule has 0 bridgehead atoms. The van der Waals surface area contributed by atoms with Crippen molar-refractivity contribution in [1.29, 1.82) is 0 Å². The van der Waals surface area contributed by atoms with E-state index >= 15 is 0 Å². The van der Waals surface area contributed by atoms with Gasteiger partial charge >= 0.3 is 0 Å². The van der Waals surface area contributed by atoms with E-state index in [-0.39, 0.29) is 4.08 Å². The van der Waals surface area contributed by atoms with Crippen LogP contribution < -0.4 is 0 Å². The molecule has 1 aliphatic rings. The molecule has 3 heteroatoms. The molecular formula is C16H22OS2. The fourth-order valence-corrected chi connectivity index (χ4v) is 5.75. The Morgan fingerprint density at radius 1 is 1.21 bits per heavy atom. The molecule has 1 aromatic rings. The summed E-state index contributed by atoms with van der Waals surface area (Å²) in [5.74, 6) is 2.72. The second-order valence-corrected chi connectivity index (χ2v) is 8.25. The second kappa shape index (κ2) is 7.39. The fraction of sp³-hybridized carbons (Fsp3) is 0.562. The molecule has 1 heterocycles. The van der Waals surface area contributed by atoms with Gasteiger partial charge in [0.05, 0.1) is 4.08 Å². The van der Waals surface area contributed by atoms with Gasteiger partial charge in [-0.15, -0.1) is 23.5 Å². The van der Waals surface area contributed by atoms with Crippen LogP contribution >= 0.6 is 23.5 Å². The maximum Gasteiger partial charge on any atom is 0.165 e. The number of rotatable bonds is 6. The number of hydrogen-bond acceptors (Lipinski definition) is 3. The van der Waals surface area contributed by atoms with Gasteiger partial charge in [-0.25, -0.2) is 0 Å². The van der Waals surface area contributed by atoms with E-state index in [1.54, 1.807) is 0 Å². The molecule has 0 atom stereocenters. The molecule has 0 unspecified atom stereocenters. The monoisotopic (exact) mass is 294 g/mol. The second-order valence-electron chi connectivity index (χ2n) is 5.03. The van der Waals surface area contributed by atoms with E-state index in [4.69, 9.17) is 0 Å². The lowest BCUT2D eigenvalue weighted by atomic mass is 10.0. The predicted molar refractivity (Wildman–Crippen MR) is 87.2 cm³/mol. The molecule has 1 saturated heterocycles. The molecule has 0 radical (unpaired) electrons. The minimum Gasteiger partial charge on any atom is -0.294 e. The van der Waals surface area contributed by atoms with Crippen LogP contribution in [0.1, 0.15) is 49.4 Å². The van der Waals surface area contributed by atoms with Crippen molar-refractivity contribution in [2.75, 3.05) is 11.5 Å². The van der Waals surface area contributed by atoms with Gasteiger partial charge in [0.1, 0.15) is 0 Å². The van der Waals surface area contributed by atoms with E-state index in [1.807, 2.05) is 53.9 Å². The Bertz CT molecular complexity index is 396. The van der Waals surface area contributed by atoms with Gasteiger partial charge in [-0.3, -0.25) is 4.79 Å². The molecule has 0 spiro atoms. The molecule has 1 nitrogen and oxygen atoms in total. The Morgan fingerprint density at radius 3 is 2.53 bits per heavy atom. The number of carbonyl (C=O) groups is 1. The molecule has 0 aromatic heterocycles. The van der Waals surface area contributed by atoms with Crippen molar-refractivity contribution in [1.82, 2.24) is 0 Å². The molecule has 0 amide bonds. The largest absolute Gasteiger partial charge is 0.294 e. The number of Topliss-reactive ketones (excluding diaryl/α,β-unsaturated/α-hetero) is 1. The molecule has 0 saturated carbocycles. The molecule has 2 rings (SSSR count). The first-order valence-electron chi connectivity index (χ1n) is 7.12. The van der Waals surface area contributed by atoms with Crippen molar-refractivity contribution in [2.45, 2.75) is 43.1 Å². The summed E-state index contributed by atoms with van der Waals surface area (Å²) < 4.78 is 0.140. The van der Waals surface area contributed by atoms with Gasteiger partial charge in [0, 0.05) is 12.0 Å². The summed E-state index contributed by atoms with van der Waals surface area (Å²) in [6.07, 6.45) is 5.57. The molecule has 0 N–H and O–H groups in total. The zero-order chi connectivity index (χ0) is 13.6. The van der Waals surface area contributed by atoms with Gasteiger partial charge < -0.3 is 0 Å². The third kappa shape index (κ3) is 4.28. The average Bonchev–Trinajstić information content (AvgIpc) is 2.47. The highest BCUT2D eigenvalue weighted by Crippen LogP contribution is 2.48. The third-order valence-electron chi connectivity index (χ3n) is 3.46. The minimum atomic E-state index is 0.140. The summed E-state index contributed by atoms with van der Waals surface area (Å²) in [5.41, 5.74) is 0.866. The standard InChI is InChI=1S/C16H22OS2/c1-2-3-10-16(18-11-7-12-19-16)13-15(17)14-8-5-4-6-9-14/h4-6,8-9H,2-3,7,10-13H2,1H3. The van der Waals surface area contributed by atoms with Crippen LogP contribution in [0.4, 0.5) is 0 Å². The van der Waals surface area contributed by atoms with E-state index in [0.29, 0.717) is 12.2 Å². The van der Waals surface area contributed by atoms with Crippen LogP contribution in [-0.4, -0.2) is 21.4 Å². The van der Waals surface area contributed by atoms with Gasteiger partial charge in [-0.2, -0.15) is 0 Å². The van der Waals surface area contributed by atoms with Crippen LogP contribution in [0, 0.1) is 0 Å². The maximum atomic E-state index is 12.5. The quantitative estimate of drug-likeness (QED) is 0.686. The Balaban J connectivity index is 2.05. The predicted octanol–water partition coefficient (Wildman–Crippen LogP) is 5.02. The number of benzene rings is 1. The van der Waals surface area contributed by atoms with Crippen LogP contribution in [0.3, 0.4) is 0 Å². The summed E-state index contributed by atoms with van der Waals surface area (Å²) in [4.78, 5) is 12.5. The molecule has 1 aliphatic heterocycles. The summed E-state index contributed by atoms with van der Waals surface area (Å²) in [6.45, 7) is 2.23. The first-order chi connectivity index (χ1) is 9.26. The Kier molecular flexibility index (Phi) is 5.83. The van der Waals surface area contributed by atoms with Crippen molar-refractivity contribution in [2.24, 2.45) is 0 Å². The SMILES string of the molecule is CCCCC1(CC(=O)c2ccccc2)SCCCS1. The number of unbranched alkanes of at least 4 members (excludes halogenated alkanes) is 1. The molecule has 1 fully saturated rings. The Morgan fingerprint density at radius 2 is 1.89 bits per heavy atom. The molecular weight excluding hydrogens is 272 g/mol. The van der Waals surface area contributed by atoms with E-state index in [0.717, 1.165) is 12.0 Å². The van der Waals surface area contributed by atoms with Gasteiger partial charge in [0.15, 0.2) is 5.78 Å². The van der Waals surface area contributed by atoms with Crippen LogP contribution in [0.5, 0.6) is 0 Å². The van der Waals surface area contributed by atoms with Crippen LogP contribution in [0.25, 0.3) is 0 Å². The molecule has 19 heavy (non-hydrogen) atoms. The lowest BCUT2D eigenvalue weighted by Gasteiger charge is -2.35. The van der Waals surface area contributed by atoms with E-state index in [2.05, 4.69) is 6.92 Å². The van der Waals surface area contributed by atoms with Gasteiger partial charge in [0.25, 0.3) is 0 Å². The number of hydrogen-bond donors (Lipinski definition) is 0. The first-order valence-corrected chi connectivity index (χ1v) is 9.09. The molecule has 0 aliphatic carbocycles. The average molecular weight is 294 g/mol. The number of thioether (sulfide) groups is 2. The van der Waals surface area contributed by atoms with Crippen molar-refractivity contribution < 1.29 is 4.79 Å². The number of carbonyl (C=O) groups excluding carboxylic acids is 1. The molecule has 104 valence electrons.